The Labute approximate surface area is 125 Å². The predicted octanol–water partition coefficient (Wildman–Crippen LogP) is -0.0958. The third-order valence-electron chi connectivity index (χ3n) is 4.45. The molecule has 2 heterocycles. The van der Waals surface area contributed by atoms with Gasteiger partial charge in [0.2, 0.25) is 5.91 Å². The minimum absolute atomic E-state index is 0.0782. The lowest BCUT2D eigenvalue weighted by Gasteiger charge is -2.27. The van der Waals surface area contributed by atoms with Gasteiger partial charge in [-0.2, -0.15) is 5.26 Å². The van der Waals surface area contributed by atoms with Crippen molar-refractivity contribution in [2.24, 2.45) is 0 Å². The fourth-order valence-electron chi connectivity index (χ4n) is 3.12. The average molecular weight is 293 g/mol. The molecule has 2 aliphatic rings. The lowest BCUT2D eigenvalue weighted by atomic mass is 10.1. The van der Waals surface area contributed by atoms with E-state index in [1.165, 1.54) is 6.42 Å². The minimum Gasteiger partial charge on any atom is -0.347 e. The lowest BCUT2D eigenvalue weighted by Crippen LogP contribution is -2.68. The standard InChI is InChI=1S/C15H24N4O2/c16-11-12-5-4-10-19(12)15(21)13(17)6-7-14(20)18-8-2-1-3-9-18/h12-13H,1-10,17H2/p+1/t12-,13-/m0/s1. The van der Waals surface area contributed by atoms with Crippen molar-refractivity contribution in [3.05, 3.63) is 0 Å². The van der Waals surface area contributed by atoms with Gasteiger partial charge in [0.15, 0.2) is 6.04 Å². The quantitative estimate of drug-likeness (QED) is 0.784. The molecule has 6 nitrogen and oxygen atoms in total. The molecule has 2 rings (SSSR count). The monoisotopic (exact) mass is 293 g/mol. The second-order valence-electron chi connectivity index (χ2n) is 6.00. The van der Waals surface area contributed by atoms with Crippen molar-refractivity contribution in [2.45, 2.75) is 57.0 Å². The Morgan fingerprint density at radius 2 is 1.90 bits per heavy atom. The summed E-state index contributed by atoms with van der Waals surface area (Å²) in [5.74, 6) is 0.0555. The van der Waals surface area contributed by atoms with Crippen LogP contribution in [0.4, 0.5) is 0 Å². The van der Waals surface area contributed by atoms with Crippen molar-refractivity contribution in [2.75, 3.05) is 19.6 Å². The first-order valence-corrected chi connectivity index (χ1v) is 7.94. The van der Waals surface area contributed by atoms with Gasteiger partial charge in [-0.15, -0.1) is 0 Å². The van der Waals surface area contributed by atoms with Crippen LogP contribution >= 0.6 is 0 Å². The zero-order valence-electron chi connectivity index (χ0n) is 12.6. The first-order valence-electron chi connectivity index (χ1n) is 7.94. The Balaban J connectivity index is 1.78. The highest BCUT2D eigenvalue weighted by Gasteiger charge is 2.33. The van der Waals surface area contributed by atoms with Crippen LogP contribution in [0.5, 0.6) is 0 Å². The predicted molar refractivity (Wildman–Crippen MR) is 76.7 cm³/mol. The van der Waals surface area contributed by atoms with E-state index in [0.717, 1.165) is 38.8 Å². The van der Waals surface area contributed by atoms with E-state index in [1.807, 2.05) is 4.90 Å². The zero-order chi connectivity index (χ0) is 15.2. The van der Waals surface area contributed by atoms with E-state index in [0.29, 0.717) is 19.4 Å². The van der Waals surface area contributed by atoms with Crippen LogP contribution in [0.3, 0.4) is 0 Å². The molecule has 6 heteroatoms. The van der Waals surface area contributed by atoms with Gasteiger partial charge in [0.25, 0.3) is 5.91 Å². The van der Waals surface area contributed by atoms with E-state index in [2.05, 4.69) is 11.8 Å². The van der Waals surface area contributed by atoms with E-state index in [1.54, 1.807) is 4.90 Å². The first-order chi connectivity index (χ1) is 10.1. The Hall–Kier alpha value is -1.61. The van der Waals surface area contributed by atoms with Gasteiger partial charge in [0.1, 0.15) is 6.04 Å². The van der Waals surface area contributed by atoms with Crippen molar-refractivity contribution in [1.82, 2.24) is 9.80 Å². The summed E-state index contributed by atoms with van der Waals surface area (Å²) in [4.78, 5) is 27.9. The molecular weight excluding hydrogens is 268 g/mol. The number of carbonyl (C=O) groups is 2. The van der Waals surface area contributed by atoms with E-state index in [9.17, 15) is 9.59 Å². The molecule has 2 aliphatic heterocycles. The number of hydrogen-bond donors (Lipinski definition) is 1. The Morgan fingerprint density at radius 1 is 1.19 bits per heavy atom. The topological polar surface area (TPSA) is 92.0 Å². The molecule has 0 aromatic carbocycles. The average Bonchev–Trinajstić information content (AvgIpc) is 3.00. The summed E-state index contributed by atoms with van der Waals surface area (Å²) >= 11 is 0. The van der Waals surface area contributed by atoms with Gasteiger partial charge in [0, 0.05) is 32.5 Å². The molecule has 3 N–H and O–H groups in total. The number of rotatable bonds is 4. The number of carbonyl (C=O) groups excluding carboxylic acids is 2. The summed E-state index contributed by atoms with van der Waals surface area (Å²) in [5, 5.41) is 9.03. The number of nitrogens with zero attached hydrogens (tertiary/aromatic N) is 3. The fourth-order valence-corrected chi connectivity index (χ4v) is 3.12. The second-order valence-corrected chi connectivity index (χ2v) is 6.00. The number of amides is 2. The van der Waals surface area contributed by atoms with Crippen LogP contribution in [0.25, 0.3) is 0 Å². The molecule has 0 radical (unpaired) electrons. The highest BCUT2D eigenvalue weighted by atomic mass is 16.2. The summed E-state index contributed by atoms with van der Waals surface area (Å²) < 4.78 is 0. The molecule has 0 spiro atoms. The first kappa shape index (κ1) is 15.8. The number of quaternary nitrogens is 1. The number of nitriles is 1. The highest BCUT2D eigenvalue weighted by molar-refractivity contribution is 5.82. The molecule has 2 saturated heterocycles. The number of piperidine rings is 1. The van der Waals surface area contributed by atoms with Crippen molar-refractivity contribution >= 4 is 11.8 Å². The van der Waals surface area contributed by atoms with E-state index in [4.69, 9.17) is 5.26 Å². The van der Waals surface area contributed by atoms with Crippen molar-refractivity contribution < 1.29 is 15.3 Å². The van der Waals surface area contributed by atoms with Crippen molar-refractivity contribution in [3.63, 3.8) is 0 Å². The maximum absolute atomic E-state index is 12.3. The van der Waals surface area contributed by atoms with Crippen LogP contribution in [0, 0.1) is 11.3 Å². The molecule has 0 saturated carbocycles. The summed E-state index contributed by atoms with van der Waals surface area (Å²) in [6, 6.07) is 1.44. The van der Waals surface area contributed by atoms with Crippen LogP contribution in [-0.4, -0.2) is 53.3 Å². The molecule has 0 aromatic heterocycles. The molecule has 2 fully saturated rings. The van der Waals surface area contributed by atoms with Gasteiger partial charge in [-0.25, -0.2) is 0 Å². The normalized spacial score (nSPS) is 23.7. The molecule has 116 valence electrons. The van der Waals surface area contributed by atoms with Gasteiger partial charge in [-0.3, -0.25) is 9.59 Å². The summed E-state index contributed by atoms with van der Waals surface area (Å²) in [5.41, 5.74) is 3.90. The maximum atomic E-state index is 12.3. The zero-order valence-corrected chi connectivity index (χ0v) is 12.6. The molecule has 21 heavy (non-hydrogen) atoms. The Morgan fingerprint density at radius 3 is 2.57 bits per heavy atom. The van der Waals surface area contributed by atoms with Crippen LogP contribution < -0.4 is 5.73 Å². The van der Waals surface area contributed by atoms with Crippen LogP contribution in [0.1, 0.15) is 44.9 Å². The summed E-state index contributed by atoms with van der Waals surface area (Å²) in [6.45, 7) is 2.33. The van der Waals surface area contributed by atoms with Crippen LogP contribution in [0.2, 0.25) is 0 Å². The molecule has 2 atom stereocenters. The SMILES string of the molecule is N#C[C@@H]1CCCN1C(=O)[C@@H]([NH3+])CCC(=O)N1CCCCC1. The molecule has 0 aliphatic carbocycles. The van der Waals surface area contributed by atoms with Crippen LogP contribution in [0.15, 0.2) is 0 Å². The largest absolute Gasteiger partial charge is 0.347 e. The summed E-state index contributed by atoms with van der Waals surface area (Å²) in [7, 11) is 0. The van der Waals surface area contributed by atoms with Gasteiger partial charge >= 0.3 is 0 Å². The molecular formula is C15H25N4O2+. The maximum Gasteiger partial charge on any atom is 0.281 e. The van der Waals surface area contributed by atoms with E-state index < -0.39 is 6.04 Å². The fraction of sp³-hybridized carbons (Fsp3) is 0.800. The van der Waals surface area contributed by atoms with E-state index >= 15 is 0 Å². The number of likely N-dealkylation sites (tertiary alicyclic amines) is 2. The van der Waals surface area contributed by atoms with Gasteiger partial charge in [0.05, 0.1) is 6.07 Å². The van der Waals surface area contributed by atoms with Crippen molar-refractivity contribution in [3.8, 4) is 6.07 Å². The molecule has 0 unspecified atom stereocenters. The lowest BCUT2D eigenvalue weighted by molar-refractivity contribution is -0.407. The van der Waals surface area contributed by atoms with Crippen molar-refractivity contribution in [1.29, 1.82) is 5.26 Å². The van der Waals surface area contributed by atoms with Gasteiger partial charge in [-0.05, 0) is 32.1 Å². The third kappa shape index (κ3) is 3.94. The summed E-state index contributed by atoms with van der Waals surface area (Å²) in [6.07, 6.45) is 5.84. The van der Waals surface area contributed by atoms with E-state index in [-0.39, 0.29) is 17.9 Å². The third-order valence-corrected chi connectivity index (χ3v) is 4.45. The minimum atomic E-state index is -0.423. The molecule has 2 amide bonds. The Bertz CT molecular complexity index is 426. The Kier molecular flexibility index (Phi) is 5.57. The van der Waals surface area contributed by atoms with Gasteiger partial charge < -0.3 is 15.5 Å². The molecule has 0 bridgehead atoms. The second kappa shape index (κ2) is 7.41. The molecule has 0 aromatic rings. The number of hydrogen-bond acceptors (Lipinski definition) is 3. The highest BCUT2D eigenvalue weighted by Crippen LogP contribution is 2.18. The smallest absolute Gasteiger partial charge is 0.281 e. The van der Waals surface area contributed by atoms with Gasteiger partial charge in [-0.1, -0.05) is 0 Å². The van der Waals surface area contributed by atoms with Crippen LogP contribution in [-0.2, 0) is 9.59 Å².